The van der Waals surface area contributed by atoms with E-state index in [1.54, 1.807) is 7.11 Å². The molecule has 1 heteroatoms. The topological polar surface area (TPSA) is 9.23 Å². The van der Waals surface area contributed by atoms with E-state index in [9.17, 15) is 0 Å². The minimum Gasteiger partial charge on any atom is -0.496 e. The number of ether oxygens (including phenoxy) is 1. The van der Waals surface area contributed by atoms with Crippen LogP contribution in [0.1, 0.15) is 30.0 Å². The minimum absolute atomic E-state index is 0.998. The van der Waals surface area contributed by atoms with Gasteiger partial charge in [0.05, 0.1) is 7.11 Å². The fourth-order valence-corrected chi connectivity index (χ4v) is 1.61. The van der Waals surface area contributed by atoms with Gasteiger partial charge in [-0.05, 0) is 43.0 Å². The highest BCUT2D eigenvalue weighted by Gasteiger charge is 2.03. The van der Waals surface area contributed by atoms with Crippen molar-refractivity contribution in [3.05, 3.63) is 28.8 Å². The molecule has 0 unspecified atom stereocenters. The molecule has 0 fully saturated rings. The highest BCUT2D eigenvalue weighted by molar-refractivity contribution is 5.41. The molecule has 0 spiro atoms. The highest BCUT2D eigenvalue weighted by atomic mass is 16.5. The predicted molar refractivity (Wildman–Crippen MR) is 56.5 cm³/mol. The summed E-state index contributed by atoms with van der Waals surface area (Å²) in [5, 5.41) is 0. The van der Waals surface area contributed by atoms with Crippen molar-refractivity contribution < 1.29 is 4.74 Å². The van der Waals surface area contributed by atoms with Gasteiger partial charge in [-0.3, -0.25) is 0 Å². The monoisotopic (exact) mass is 178 g/mol. The minimum atomic E-state index is 0.998. The fourth-order valence-electron chi connectivity index (χ4n) is 1.61. The summed E-state index contributed by atoms with van der Waals surface area (Å²) >= 11 is 0. The van der Waals surface area contributed by atoms with Crippen molar-refractivity contribution in [3.63, 3.8) is 0 Å². The molecule has 0 heterocycles. The molecule has 0 amide bonds. The largest absolute Gasteiger partial charge is 0.496 e. The number of methoxy groups -OCH3 is 1. The molecule has 1 aromatic carbocycles. The zero-order chi connectivity index (χ0) is 9.84. The van der Waals surface area contributed by atoms with Crippen LogP contribution in [-0.4, -0.2) is 7.11 Å². The number of hydrogen-bond acceptors (Lipinski definition) is 1. The highest BCUT2D eigenvalue weighted by Crippen LogP contribution is 2.23. The van der Waals surface area contributed by atoms with Crippen molar-refractivity contribution in [2.75, 3.05) is 7.11 Å². The summed E-state index contributed by atoms with van der Waals surface area (Å²) in [7, 11) is 1.72. The summed E-state index contributed by atoms with van der Waals surface area (Å²) in [6.45, 7) is 6.45. The van der Waals surface area contributed by atoms with E-state index in [1.807, 2.05) is 0 Å². The van der Waals surface area contributed by atoms with Gasteiger partial charge in [0, 0.05) is 0 Å². The van der Waals surface area contributed by atoms with Crippen LogP contribution in [0.2, 0.25) is 0 Å². The quantitative estimate of drug-likeness (QED) is 0.690. The second kappa shape index (κ2) is 4.31. The summed E-state index contributed by atoms with van der Waals surface area (Å²) in [6, 6.07) is 4.36. The van der Waals surface area contributed by atoms with E-state index in [0.29, 0.717) is 0 Å². The maximum Gasteiger partial charge on any atom is 0.122 e. The Morgan fingerprint density at radius 3 is 2.38 bits per heavy atom. The smallest absolute Gasteiger partial charge is 0.122 e. The fraction of sp³-hybridized carbons (Fsp3) is 0.500. The van der Waals surface area contributed by atoms with Crippen LogP contribution in [0.5, 0.6) is 5.75 Å². The predicted octanol–water partition coefficient (Wildman–Crippen LogP) is 3.26. The van der Waals surface area contributed by atoms with Gasteiger partial charge < -0.3 is 4.74 Å². The standard InChI is InChI=1S/C12H18O/c1-5-6-11-7-10(3)12(13-4)8-9(11)2/h7-8H,5-6H2,1-4H3. The summed E-state index contributed by atoms with van der Waals surface area (Å²) in [4.78, 5) is 0. The SMILES string of the molecule is CCCc1cc(C)c(OC)cc1C. The molecule has 0 N–H and O–H groups in total. The van der Waals surface area contributed by atoms with Crippen LogP contribution in [-0.2, 0) is 6.42 Å². The average Bonchev–Trinajstić information content (AvgIpc) is 2.11. The molecule has 13 heavy (non-hydrogen) atoms. The molecule has 72 valence electrons. The second-order valence-corrected chi connectivity index (χ2v) is 3.50. The number of benzene rings is 1. The van der Waals surface area contributed by atoms with Gasteiger partial charge in [0.25, 0.3) is 0 Å². The van der Waals surface area contributed by atoms with E-state index >= 15 is 0 Å². The molecule has 0 aromatic heterocycles. The lowest BCUT2D eigenvalue weighted by molar-refractivity contribution is 0.411. The first-order valence-corrected chi connectivity index (χ1v) is 4.83. The zero-order valence-corrected chi connectivity index (χ0v) is 8.98. The van der Waals surface area contributed by atoms with Gasteiger partial charge in [-0.15, -0.1) is 0 Å². The third kappa shape index (κ3) is 2.24. The van der Waals surface area contributed by atoms with Crippen LogP contribution in [0, 0.1) is 13.8 Å². The van der Waals surface area contributed by atoms with Crippen molar-refractivity contribution in [2.45, 2.75) is 33.6 Å². The van der Waals surface area contributed by atoms with Crippen molar-refractivity contribution in [1.29, 1.82) is 0 Å². The van der Waals surface area contributed by atoms with Gasteiger partial charge in [0.15, 0.2) is 0 Å². The molecule has 0 saturated heterocycles. The molecule has 0 aliphatic rings. The Hall–Kier alpha value is -0.980. The van der Waals surface area contributed by atoms with Gasteiger partial charge >= 0.3 is 0 Å². The van der Waals surface area contributed by atoms with Crippen LogP contribution >= 0.6 is 0 Å². The Labute approximate surface area is 80.7 Å². The molecule has 0 aliphatic carbocycles. The molecule has 0 bridgehead atoms. The number of aryl methyl sites for hydroxylation is 3. The van der Waals surface area contributed by atoms with Crippen molar-refractivity contribution >= 4 is 0 Å². The maximum atomic E-state index is 5.26. The van der Waals surface area contributed by atoms with Gasteiger partial charge in [-0.25, -0.2) is 0 Å². The van der Waals surface area contributed by atoms with Crippen LogP contribution in [0.3, 0.4) is 0 Å². The van der Waals surface area contributed by atoms with E-state index in [1.165, 1.54) is 23.1 Å². The molecular formula is C12H18O. The summed E-state index contributed by atoms with van der Waals surface area (Å²) < 4.78 is 5.26. The molecule has 1 rings (SSSR count). The van der Waals surface area contributed by atoms with E-state index in [2.05, 4.69) is 32.9 Å². The molecule has 0 saturated carbocycles. The first-order chi connectivity index (χ1) is 6.19. The van der Waals surface area contributed by atoms with E-state index in [4.69, 9.17) is 4.74 Å². The molecule has 1 nitrogen and oxygen atoms in total. The lowest BCUT2D eigenvalue weighted by atomic mass is 10.0. The third-order valence-electron chi connectivity index (χ3n) is 2.37. The normalized spacial score (nSPS) is 10.2. The van der Waals surface area contributed by atoms with E-state index < -0.39 is 0 Å². The Morgan fingerprint density at radius 1 is 1.15 bits per heavy atom. The van der Waals surface area contributed by atoms with Crippen molar-refractivity contribution in [1.82, 2.24) is 0 Å². The van der Waals surface area contributed by atoms with Crippen LogP contribution in [0.25, 0.3) is 0 Å². The van der Waals surface area contributed by atoms with Gasteiger partial charge in [-0.1, -0.05) is 19.4 Å². The summed E-state index contributed by atoms with van der Waals surface area (Å²) in [5.41, 5.74) is 4.02. The number of hydrogen-bond donors (Lipinski definition) is 0. The Balaban J connectivity index is 3.05. The molecule has 0 radical (unpaired) electrons. The van der Waals surface area contributed by atoms with Gasteiger partial charge in [0.2, 0.25) is 0 Å². The second-order valence-electron chi connectivity index (χ2n) is 3.50. The van der Waals surface area contributed by atoms with E-state index in [-0.39, 0.29) is 0 Å². The Bertz CT molecular complexity index is 289. The zero-order valence-electron chi connectivity index (χ0n) is 8.98. The van der Waals surface area contributed by atoms with Gasteiger partial charge in [-0.2, -0.15) is 0 Å². The first-order valence-electron chi connectivity index (χ1n) is 4.83. The molecular weight excluding hydrogens is 160 g/mol. The first kappa shape index (κ1) is 10.1. The Morgan fingerprint density at radius 2 is 1.85 bits per heavy atom. The maximum absolute atomic E-state index is 5.26. The average molecular weight is 178 g/mol. The summed E-state index contributed by atoms with van der Waals surface area (Å²) in [6.07, 6.45) is 2.36. The molecule has 1 aromatic rings. The third-order valence-corrected chi connectivity index (χ3v) is 2.37. The van der Waals surface area contributed by atoms with Crippen LogP contribution < -0.4 is 4.74 Å². The molecule has 0 atom stereocenters. The van der Waals surface area contributed by atoms with Crippen molar-refractivity contribution in [3.8, 4) is 5.75 Å². The lowest BCUT2D eigenvalue weighted by Gasteiger charge is -2.10. The molecule has 0 aliphatic heterocycles. The van der Waals surface area contributed by atoms with Crippen LogP contribution in [0.15, 0.2) is 12.1 Å². The van der Waals surface area contributed by atoms with Crippen molar-refractivity contribution in [2.24, 2.45) is 0 Å². The Kier molecular flexibility index (Phi) is 3.35. The van der Waals surface area contributed by atoms with E-state index in [0.717, 1.165) is 12.2 Å². The van der Waals surface area contributed by atoms with Gasteiger partial charge in [0.1, 0.15) is 5.75 Å². The number of rotatable bonds is 3. The van der Waals surface area contributed by atoms with Crippen LogP contribution in [0.4, 0.5) is 0 Å². The summed E-state index contributed by atoms with van der Waals surface area (Å²) in [5.74, 6) is 0.998. The lowest BCUT2D eigenvalue weighted by Crippen LogP contribution is -1.93.